The van der Waals surface area contributed by atoms with Crippen LogP contribution in [0.2, 0.25) is 0 Å². The fraction of sp³-hybridized carbons (Fsp3) is 0.571. The van der Waals surface area contributed by atoms with Crippen LogP contribution >= 0.6 is 0 Å². The Hall–Kier alpha value is -1.42. The molecule has 1 aromatic rings. The molecule has 18 heavy (non-hydrogen) atoms. The second-order valence-electron chi connectivity index (χ2n) is 4.82. The zero-order valence-electron chi connectivity index (χ0n) is 10.7. The smallest absolute Gasteiger partial charge is 0.233 e. The van der Waals surface area contributed by atoms with E-state index in [0.717, 1.165) is 12.0 Å². The fourth-order valence-electron chi connectivity index (χ4n) is 2.32. The molecule has 1 aliphatic carbocycles. The van der Waals surface area contributed by atoms with Crippen LogP contribution in [0.15, 0.2) is 24.5 Å². The number of aromatic nitrogens is 1. The van der Waals surface area contributed by atoms with Gasteiger partial charge in [0.25, 0.3) is 0 Å². The summed E-state index contributed by atoms with van der Waals surface area (Å²) in [5, 5.41) is 6.23. The summed E-state index contributed by atoms with van der Waals surface area (Å²) >= 11 is 0. The molecule has 0 radical (unpaired) electrons. The van der Waals surface area contributed by atoms with E-state index in [9.17, 15) is 4.79 Å². The Balaban J connectivity index is 1.57. The van der Waals surface area contributed by atoms with Crippen molar-refractivity contribution in [3.63, 3.8) is 0 Å². The van der Waals surface area contributed by atoms with Gasteiger partial charge in [-0.1, -0.05) is 18.9 Å². The molecule has 0 saturated heterocycles. The quantitative estimate of drug-likeness (QED) is 0.796. The van der Waals surface area contributed by atoms with Gasteiger partial charge in [-0.25, -0.2) is 0 Å². The zero-order chi connectivity index (χ0) is 12.6. The van der Waals surface area contributed by atoms with Crippen molar-refractivity contribution in [2.75, 3.05) is 13.1 Å². The van der Waals surface area contributed by atoms with Gasteiger partial charge in [0, 0.05) is 25.0 Å². The lowest BCUT2D eigenvalue weighted by atomic mass is 10.2. The summed E-state index contributed by atoms with van der Waals surface area (Å²) in [7, 11) is 0. The van der Waals surface area contributed by atoms with E-state index in [1.165, 1.54) is 25.7 Å². The molecule has 1 aromatic heterocycles. The van der Waals surface area contributed by atoms with Gasteiger partial charge < -0.3 is 10.6 Å². The molecule has 2 N–H and O–H groups in total. The number of hydrogen-bond donors (Lipinski definition) is 2. The Morgan fingerprint density at radius 3 is 2.94 bits per heavy atom. The van der Waals surface area contributed by atoms with Gasteiger partial charge in [0.2, 0.25) is 5.91 Å². The lowest BCUT2D eigenvalue weighted by Crippen LogP contribution is -2.38. The van der Waals surface area contributed by atoms with E-state index in [1.807, 2.05) is 18.3 Å². The summed E-state index contributed by atoms with van der Waals surface area (Å²) in [6.45, 7) is 1.12. The van der Waals surface area contributed by atoms with Crippen molar-refractivity contribution in [1.82, 2.24) is 15.6 Å². The summed E-state index contributed by atoms with van der Waals surface area (Å²) < 4.78 is 0. The van der Waals surface area contributed by atoms with Crippen LogP contribution in [0.25, 0.3) is 0 Å². The van der Waals surface area contributed by atoms with Gasteiger partial charge in [0.05, 0.1) is 6.54 Å². The van der Waals surface area contributed by atoms with Crippen LogP contribution in [0.3, 0.4) is 0 Å². The number of hydrogen-bond acceptors (Lipinski definition) is 3. The lowest BCUT2D eigenvalue weighted by Gasteiger charge is -2.11. The monoisotopic (exact) mass is 247 g/mol. The number of carbonyl (C=O) groups excluding carboxylic acids is 1. The topological polar surface area (TPSA) is 54.0 Å². The zero-order valence-corrected chi connectivity index (χ0v) is 10.7. The summed E-state index contributed by atoms with van der Waals surface area (Å²) in [5.41, 5.74) is 1.15. The summed E-state index contributed by atoms with van der Waals surface area (Å²) in [5.74, 6) is 0.0887. The van der Waals surface area contributed by atoms with Gasteiger partial charge in [-0.3, -0.25) is 9.78 Å². The summed E-state index contributed by atoms with van der Waals surface area (Å²) in [4.78, 5) is 15.6. The summed E-state index contributed by atoms with van der Waals surface area (Å²) in [6.07, 6.45) is 9.44. The predicted molar refractivity (Wildman–Crippen MR) is 71.2 cm³/mol. The molecule has 0 aromatic carbocycles. The van der Waals surface area contributed by atoms with E-state index >= 15 is 0 Å². The molecular formula is C14H21N3O. The van der Waals surface area contributed by atoms with Crippen molar-refractivity contribution in [2.24, 2.45) is 0 Å². The molecule has 0 unspecified atom stereocenters. The van der Waals surface area contributed by atoms with Gasteiger partial charge in [-0.15, -0.1) is 0 Å². The van der Waals surface area contributed by atoms with Crippen molar-refractivity contribution >= 4 is 5.91 Å². The van der Waals surface area contributed by atoms with Gasteiger partial charge in [0.1, 0.15) is 0 Å². The Labute approximate surface area is 108 Å². The highest BCUT2D eigenvalue weighted by molar-refractivity contribution is 5.78. The average Bonchev–Trinajstić information content (AvgIpc) is 2.91. The van der Waals surface area contributed by atoms with E-state index in [0.29, 0.717) is 19.1 Å². The molecule has 0 aliphatic heterocycles. The first-order valence-electron chi connectivity index (χ1n) is 6.73. The van der Waals surface area contributed by atoms with Gasteiger partial charge in [0.15, 0.2) is 0 Å². The number of rotatable bonds is 6. The Bertz CT molecular complexity index is 361. The van der Waals surface area contributed by atoms with Gasteiger partial charge >= 0.3 is 0 Å². The maximum atomic E-state index is 11.6. The molecule has 0 atom stereocenters. The van der Waals surface area contributed by atoms with E-state index in [2.05, 4.69) is 15.6 Å². The van der Waals surface area contributed by atoms with Crippen molar-refractivity contribution in [2.45, 2.75) is 38.1 Å². The average molecular weight is 247 g/mol. The Morgan fingerprint density at radius 1 is 1.39 bits per heavy atom. The number of amides is 1. The fourth-order valence-corrected chi connectivity index (χ4v) is 2.32. The maximum Gasteiger partial charge on any atom is 0.233 e. The Morgan fingerprint density at radius 2 is 2.22 bits per heavy atom. The third kappa shape index (κ3) is 4.45. The van der Waals surface area contributed by atoms with Gasteiger partial charge in [-0.05, 0) is 30.9 Å². The van der Waals surface area contributed by atoms with Gasteiger partial charge in [-0.2, -0.15) is 0 Å². The molecule has 1 amide bonds. The van der Waals surface area contributed by atoms with Crippen molar-refractivity contribution < 1.29 is 4.79 Å². The molecule has 0 spiro atoms. The largest absolute Gasteiger partial charge is 0.355 e. The minimum Gasteiger partial charge on any atom is -0.355 e. The molecular weight excluding hydrogens is 226 g/mol. The third-order valence-corrected chi connectivity index (χ3v) is 3.37. The molecule has 1 saturated carbocycles. The number of nitrogens with zero attached hydrogens (tertiary/aromatic N) is 1. The molecule has 98 valence electrons. The number of pyridine rings is 1. The van der Waals surface area contributed by atoms with Crippen LogP contribution in [0.1, 0.15) is 31.2 Å². The van der Waals surface area contributed by atoms with Crippen LogP contribution in [0, 0.1) is 0 Å². The third-order valence-electron chi connectivity index (χ3n) is 3.37. The molecule has 1 fully saturated rings. The van der Waals surface area contributed by atoms with Crippen LogP contribution < -0.4 is 10.6 Å². The van der Waals surface area contributed by atoms with E-state index in [4.69, 9.17) is 0 Å². The van der Waals surface area contributed by atoms with Crippen LogP contribution in [0.4, 0.5) is 0 Å². The Kier molecular flexibility index (Phi) is 5.15. The second-order valence-corrected chi connectivity index (χ2v) is 4.82. The SMILES string of the molecule is O=C(CNC1CCCC1)NCCc1cccnc1. The van der Waals surface area contributed by atoms with Crippen LogP contribution in [-0.2, 0) is 11.2 Å². The van der Waals surface area contributed by atoms with Crippen molar-refractivity contribution in [1.29, 1.82) is 0 Å². The highest BCUT2D eigenvalue weighted by atomic mass is 16.1. The predicted octanol–water partition coefficient (Wildman–Crippen LogP) is 1.27. The minimum atomic E-state index is 0.0887. The molecule has 1 aliphatic rings. The summed E-state index contributed by atoms with van der Waals surface area (Å²) in [6, 6.07) is 4.49. The first kappa shape index (κ1) is 13.0. The van der Waals surface area contributed by atoms with E-state index < -0.39 is 0 Å². The second kappa shape index (κ2) is 7.11. The number of carbonyl (C=O) groups is 1. The highest BCUT2D eigenvalue weighted by Gasteiger charge is 2.14. The van der Waals surface area contributed by atoms with E-state index in [-0.39, 0.29) is 5.91 Å². The molecule has 2 rings (SSSR count). The minimum absolute atomic E-state index is 0.0887. The van der Waals surface area contributed by atoms with E-state index in [1.54, 1.807) is 6.20 Å². The lowest BCUT2D eigenvalue weighted by molar-refractivity contribution is -0.120. The molecule has 4 nitrogen and oxygen atoms in total. The first-order valence-corrected chi connectivity index (χ1v) is 6.73. The molecule has 1 heterocycles. The van der Waals surface area contributed by atoms with Crippen LogP contribution in [-0.4, -0.2) is 30.0 Å². The van der Waals surface area contributed by atoms with Crippen molar-refractivity contribution in [3.8, 4) is 0 Å². The molecule has 0 bridgehead atoms. The number of nitrogens with one attached hydrogen (secondary N) is 2. The van der Waals surface area contributed by atoms with Crippen molar-refractivity contribution in [3.05, 3.63) is 30.1 Å². The normalized spacial score (nSPS) is 15.8. The maximum absolute atomic E-state index is 11.6. The van der Waals surface area contributed by atoms with Crippen LogP contribution in [0.5, 0.6) is 0 Å². The highest BCUT2D eigenvalue weighted by Crippen LogP contribution is 2.17. The molecule has 4 heteroatoms. The first-order chi connectivity index (χ1) is 8.84. The standard InChI is InChI=1S/C14H21N3O/c18-14(11-17-13-5-1-2-6-13)16-9-7-12-4-3-8-15-10-12/h3-4,8,10,13,17H,1-2,5-7,9,11H2,(H,16,18).